The quantitative estimate of drug-likeness (QED) is 0.821. The van der Waals surface area contributed by atoms with Gasteiger partial charge < -0.3 is 5.32 Å². The van der Waals surface area contributed by atoms with Crippen molar-refractivity contribution < 1.29 is 0 Å². The van der Waals surface area contributed by atoms with Gasteiger partial charge in [0.25, 0.3) is 0 Å². The van der Waals surface area contributed by atoms with Crippen molar-refractivity contribution in [2.75, 3.05) is 6.54 Å². The Bertz CT molecular complexity index is 333. The third-order valence-corrected chi connectivity index (χ3v) is 3.94. The normalized spacial score (nSPS) is 18.1. The molecule has 0 radical (unpaired) electrons. The molecule has 0 saturated heterocycles. The largest absolute Gasteiger partial charge is 0.309 e. The lowest BCUT2D eigenvalue weighted by atomic mass is 9.80. The summed E-state index contributed by atoms with van der Waals surface area (Å²) in [4.78, 5) is 0. The lowest BCUT2D eigenvalue weighted by molar-refractivity contribution is 0.256. The Morgan fingerprint density at radius 3 is 2.76 bits per heavy atom. The molecule has 1 aromatic rings. The summed E-state index contributed by atoms with van der Waals surface area (Å²) in [5, 5.41) is 8.06. The second-order valence-corrected chi connectivity index (χ2v) is 5.38. The van der Waals surface area contributed by atoms with E-state index in [9.17, 15) is 0 Å². The SMILES string of the molecule is CCCNC(CC1CCC1)c1c(C)cnn1C. The monoisotopic (exact) mass is 235 g/mol. The topological polar surface area (TPSA) is 29.9 Å². The van der Waals surface area contributed by atoms with E-state index in [1.807, 2.05) is 10.9 Å². The summed E-state index contributed by atoms with van der Waals surface area (Å²) >= 11 is 0. The van der Waals surface area contributed by atoms with Crippen LogP contribution >= 0.6 is 0 Å². The predicted octanol–water partition coefficient (Wildman–Crippen LogP) is 2.96. The molecule has 0 aliphatic heterocycles. The summed E-state index contributed by atoms with van der Waals surface area (Å²) in [6, 6.07) is 0.493. The van der Waals surface area contributed by atoms with Crippen molar-refractivity contribution in [2.24, 2.45) is 13.0 Å². The summed E-state index contributed by atoms with van der Waals surface area (Å²) in [5.74, 6) is 0.929. The summed E-state index contributed by atoms with van der Waals surface area (Å²) < 4.78 is 2.04. The summed E-state index contributed by atoms with van der Waals surface area (Å²) in [5.41, 5.74) is 2.70. The van der Waals surface area contributed by atoms with Gasteiger partial charge in [-0.15, -0.1) is 0 Å². The molecule has 0 spiro atoms. The zero-order valence-electron chi connectivity index (χ0n) is 11.4. The number of rotatable bonds is 6. The van der Waals surface area contributed by atoms with Crippen LogP contribution in [-0.4, -0.2) is 16.3 Å². The Labute approximate surface area is 105 Å². The van der Waals surface area contributed by atoms with Gasteiger partial charge in [0.2, 0.25) is 0 Å². The molecule has 1 aromatic heterocycles. The smallest absolute Gasteiger partial charge is 0.0579 e. The third-order valence-electron chi connectivity index (χ3n) is 3.94. The first kappa shape index (κ1) is 12.6. The van der Waals surface area contributed by atoms with Crippen LogP contribution in [0.4, 0.5) is 0 Å². The molecule has 0 bridgehead atoms. The van der Waals surface area contributed by atoms with E-state index in [-0.39, 0.29) is 0 Å². The fraction of sp³-hybridized carbons (Fsp3) is 0.786. The minimum Gasteiger partial charge on any atom is -0.309 e. The van der Waals surface area contributed by atoms with Gasteiger partial charge in [0.05, 0.1) is 11.9 Å². The molecule has 0 aromatic carbocycles. The Balaban J connectivity index is 2.07. The van der Waals surface area contributed by atoms with Gasteiger partial charge in [-0.1, -0.05) is 26.2 Å². The van der Waals surface area contributed by atoms with E-state index in [4.69, 9.17) is 0 Å². The maximum Gasteiger partial charge on any atom is 0.0579 e. The van der Waals surface area contributed by atoms with Crippen molar-refractivity contribution in [2.45, 2.75) is 52.0 Å². The highest BCUT2D eigenvalue weighted by Crippen LogP contribution is 2.35. The lowest BCUT2D eigenvalue weighted by Gasteiger charge is -2.30. The molecule has 1 fully saturated rings. The van der Waals surface area contributed by atoms with Gasteiger partial charge in [-0.25, -0.2) is 0 Å². The van der Waals surface area contributed by atoms with Gasteiger partial charge in [0, 0.05) is 13.1 Å². The Morgan fingerprint density at radius 2 is 2.29 bits per heavy atom. The summed E-state index contributed by atoms with van der Waals surface area (Å²) in [7, 11) is 2.06. The first-order chi connectivity index (χ1) is 8.22. The van der Waals surface area contributed by atoms with Crippen molar-refractivity contribution in [1.29, 1.82) is 0 Å². The average Bonchev–Trinajstić information content (AvgIpc) is 2.57. The number of nitrogens with zero attached hydrogens (tertiary/aromatic N) is 2. The van der Waals surface area contributed by atoms with Crippen molar-refractivity contribution >= 4 is 0 Å². The van der Waals surface area contributed by atoms with Crippen LogP contribution in [0.1, 0.15) is 56.3 Å². The number of nitrogens with one attached hydrogen (secondary N) is 1. The molecule has 3 heteroatoms. The molecule has 1 heterocycles. The second kappa shape index (κ2) is 5.67. The first-order valence-electron chi connectivity index (χ1n) is 6.94. The molecular weight excluding hydrogens is 210 g/mol. The maximum absolute atomic E-state index is 4.37. The van der Waals surface area contributed by atoms with Crippen LogP contribution in [-0.2, 0) is 7.05 Å². The maximum atomic E-state index is 4.37. The minimum atomic E-state index is 0.493. The molecular formula is C14H25N3. The van der Waals surface area contributed by atoms with E-state index in [2.05, 4.69) is 31.3 Å². The zero-order chi connectivity index (χ0) is 12.3. The minimum absolute atomic E-state index is 0.493. The first-order valence-corrected chi connectivity index (χ1v) is 6.94. The molecule has 1 saturated carbocycles. The molecule has 1 aliphatic carbocycles. The van der Waals surface area contributed by atoms with Crippen molar-refractivity contribution in [1.82, 2.24) is 15.1 Å². The van der Waals surface area contributed by atoms with E-state index in [0.717, 1.165) is 12.5 Å². The van der Waals surface area contributed by atoms with E-state index < -0.39 is 0 Å². The molecule has 1 atom stereocenters. The fourth-order valence-electron chi connectivity index (χ4n) is 2.73. The van der Waals surface area contributed by atoms with Crippen LogP contribution in [0.15, 0.2) is 6.20 Å². The number of hydrogen-bond donors (Lipinski definition) is 1. The van der Waals surface area contributed by atoms with Gasteiger partial charge >= 0.3 is 0 Å². The van der Waals surface area contributed by atoms with E-state index in [1.54, 1.807) is 0 Å². The molecule has 0 amide bonds. The van der Waals surface area contributed by atoms with Crippen LogP contribution < -0.4 is 5.32 Å². The highest BCUT2D eigenvalue weighted by atomic mass is 15.3. The molecule has 2 rings (SSSR count). The van der Waals surface area contributed by atoms with Gasteiger partial charge in [0.1, 0.15) is 0 Å². The fourth-order valence-corrected chi connectivity index (χ4v) is 2.73. The van der Waals surface area contributed by atoms with Gasteiger partial charge in [-0.05, 0) is 37.8 Å². The van der Waals surface area contributed by atoms with Gasteiger partial charge in [-0.3, -0.25) is 4.68 Å². The Hall–Kier alpha value is -0.830. The highest BCUT2D eigenvalue weighted by molar-refractivity contribution is 5.19. The van der Waals surface area contributed by atoms with Crippen LogP contribution in [0.2, 0.25) is 0 Å². The number of aromatic nitrogens is 2. The van der Waals surface area contributed by atoms with Gasteiger partial charge in [-0.2, -0.15) is 5.10 Å². The molecule has 1 unspecified atom stereocenters. The lowest BCUT2D eigenvalue weighted by Crippen LogP contribution is -2.28. The standard InChI is InChI=1S/C14H25N3/c1-4-8-15-13(9-12-6-5-7-12)14-11(2)10-16-17(14)3/h10,12-13,15H,4-9H2,1-3H3. The van der Waals surface area contributed by atoms with Crippen LogP contribution in [0.5, 0.6) is 0 Å². The van der Waals surface area contributed by atoms with Crippen molar-refractivity contribution in [3.8, 4) is 0 Å². The Kier molecular flexibility index (Phi) is 4.21. The summed E-state index contributed by atoms with van der Waals surface area (Å²) in [6.07, 6.45) is 8.72. The highest BCUT2D eigenvalue weighted by Gasteiger charge is 2.25. The molecule has 1 N–H and O–H groups in total. The van der Waals surface area contributed by atoms with Crippen LogP contribution in [0, 0.1) is 12.8 Å². The van der Waals surface area contributed by atoms with Crippen LogP contribution in [0.25, 0.3) is 0 Å². The van der Waals surface area contributed by atoms with E-state index in [1.165, 1.54) is 43.4 Å². The second-order valence-electron chi connectivity index (χ2n) is 5.38. The van der Waals surface area contributed by atoms with Crippen molar-refractivity contribution in [3.05, 3.63) is 17.5 Å². The number of hydrogen-bond acceptors (Lipinski definition) is 2. The average molecular weight is 235 g/mol. The van der Waals surface area contributed by atoms with Crippen molar-refractivity contribution in [3.63, 3.8) is 0 Å². The van der Waals surface area contributed by atoms with E-state index in [0.29, 0.717) is 6.04 Å². The number of aryl methyl sites for hydroxylation is 2. The molecule has 96 valence electrons. The molecule has 1 aliphatic rings. The van der Waals surface area contributed by atoms with E-state index >= 15 is 0 Å². The van der Waals surface area contributed by atoms with Crippen LogP contribution in [0.3, 0.4) is 0 Å². The zero-order valence-corrected chi connectivity index (χ0v) is 11.4. The molecule has 17 heavy (non-hydrogen) atoms. The predicted molar refractivity (Wildman–Crippen MR) is 70.9 cm³/mol. The summed E-state index contributed by atoms with van der Waals surface area (Å²) in [6.45, 7) is 5.50. The third kappa shape index (κ3) is 2.89. The molecule has 3 nitrogen and oxygen atoms in total. The Morgan fingerprint density at radius 1 is 1.53 bits per heavy atom. The van der Waals surface area contributed by atoms with Gasteiger partial charge in [0.15, 0.2) is 0 Å².